The fourth-order valence-corrected chi connectivity index (χ4v) is 2.41. The summed E-state index contributed by atoms with van der Waals surface area (Å²) in [7, 11) is 1.89. The number of ether oxygens (including phenoxy) is 4. The predicted molar refractivity (Wildman–Crippen MR) is 110 cm³/mol. The summed E-state index contributed by atoms with van der Waals surface area (Å²) >= 11 is 0. The lowest BCUT2D eigenvalue weighted by Gasteiger charge is -2.21. The molecule has 1 aromatic heterocycles. The molecule has 11 heteroatoms. The molecule has 2 rings (SSSR count). The standard InChI is InChI=1S/C19H32N6O5/c1-17-3-5-24(19(26)21-17)15-18-16-25(23-22-18)6-8-28-10-12-30-14-13-29-11-9-27-7-4-20-2/h3,5,16,20H,1,4,6-15H2,2H3,(H,21,26). The van der Waals surface area contributed by atoms with E-state index in [1.54, 1.807) is 23.2 Å². The van der Waals surface area contributed by atoms with Crippen molar-refractivity contribution < 1.29 is 23.7 Å². The fraction of sp³-hybridized carbons (Fsp3) is 0.632. The Kier molecular flexibility index (Phi) is 11.7. The van der Waals surface area contributed by atoms with Crippen LogP contribution in [-0.4, -0.2) is 92.4 Å². The molecule has 0 atom stereocenters. The third-order valence-electron chi connectivity index (χ3n) is 3.98. The first-order valence-electron chi connectivity index (χ1n) is 9.98. The van der Waals surface area contributed by atoms with Crippen LogP contribution in [0.15, 0.2) is 30.7 Å². The van der Waals surface area contributed by atoms with Gasteiger partial charge in [0.15, 0.2) is 0 Å². The Labute approximate surface area is 177 Å². The lowest BCUT2D eigenvalue weighted by Crippen LogP contribution is -2.38. The molecular weight excluding hydrogens is 392 g/mol. The molecule has 0 radical (unpaired) electrons. The van der Waals surface area contributed by atoms with Crippen LogP contribution in [-0.2, 0) is 32.0 Å². The van der Waals surface area contributed by atoms with E-state index in [4.69, 9.17) is 18.9 Å². The molecule has 0 saturated heterocycles. The molecule has 0 unspecified atom stereocenters. The number of carbonyl (C=O) groups is 1. The molecule has 1 aliphatic rings. The third-order valence-corrected chi connectivity index (χ3v) is 3.98. The van der Waals surface area contributed by atoms with Gasteiger partial charge in [0.1, 0.15) is 5.69 Å². The van der Waals surface area contributed by atoms with Crippen LogP contribution in [0.5, 0.6) is 0 Å². The minimum atomic E-state index is -0.233. The van der Waals surface area contributed by atoms with Crippen LogP contribution in [0.2, 0.25) is 0 Å². The third kappa shape index (κ3) is 9.94. The van der Waals surface area contributed by atoms with Gasteiger partial charge in [-0.05, 0) is 13.1 Å². The maximum absolute atomic E-state index is 11.8. The highest BCUT2D eigenvalue weighted by Gasteiger charge is 2.16. The number of urea groups is 1. The molecule has 0 fully saturated rings. The van der Waals surface area contributed by atoms with Crippen molar-refractivity contribution in [2.24, 2.45) is 0 Å². The van der Waals surface area contributed by atoms with Crippen LogP contribution in [0.25, 0.3) is 0 Å². The second-order valence-electron chi connectivity index (χ2n) is 6.43. The monoisotopic (exact) mass is 424 g/mol. The normalized spacial score (nSPS) is 13.8. The molecule has 0 bridgehead atoms. The highest BCUT2D eigenvalue weighted by atomic mass is 16.6. The largest absolute Gasteiger partial charge is 0.378 e. The van der Waals surface area contributed by atoms with Gasteiger partial charge in [0.2, 0.25) is 0 Å². The van der Waals surface area contributed by atoms with Gasteiger partial charge in [0.25, 0.3) is 0 Å². The zero-order valence-corrected chi connectivity index (χ0v) is 17.5. The lowest BCUT2D eigenvalue weighted by atomic mass is 10.3. The van der Waals surface area contributed by atoms with E-state index in [-0.39, 0.29) is 6.03 Å². The maximum Gasteiger partial charge on any atom is 0.326 e. The van der Waals surface area contributed by atoms with E-state index in [1.165, 1.54) is 4.90 Å². The zero-order valence-electron chi connectivity index (χ0n) is 17.5. The quantitative estimate of drug-likeness (QED) is 0.339. The van der Waals surface area contributed by atoms with E-state index in [0.29, 0.717) is 77.3 Å². The summed E-state index contributed by atoms with van der Waals surface area (Å²) < 4.78 is 23.4. The molecule has 0 aromatic carbocycles. The molecule has 168 valence electrons. The number of nitrogens with zero attached hydrogens (tertiary/aromatic N) is 4. The number of carbonyl (C=O) groups excluding carboxylic acids is 1. The smallest absolute Gasteiger partial charge is 0.326 e. The van der Waals surface area contributed by atoms with Gasteiger partial charge in [-0.1, -0.05) is 11.8 Å². The number of hydrogen-bond acceptors (Lipinski definition) is 8. The number of hydrogen-bond donors (Lipinski definition) is 2. The first-order valence-corrected chi connectivity index (χ1v) is 9.98. The van der Waals surface area contributed by atoms with E-state index < -0.39 is 0 Å². The van der Waals surface area contributed by atoms with E-state index in [1.807, 2.05) is 7.05 Å². The molecule has 0 spiro atoms. The van der Waals surface area contributed by atoms with Gasteiger partial charge in [-0.2, -0.15) is 0 Å². The number of allylic oxidation sites excluding steroid dienone is 1. The molecule has 0 aliphatic carbocycles. The van der Waals surface area contributed by atoms with Crippen molar-refractivity contribution in [2.45, 2.75) is 13.1 Å². The minimum Gasteiger partial charge on any atom is -0.378 e. The van der Waals surface area contributed by atoms with E-state index in [9.17, 15) is 4.79 Å². The number of aromatic nitrogens is 3. The molecule has 11 nitrogen and oxygen atoms in total. The molecule has 30 heavy (non-hydrogen) atoms. The Hall–Kier alpha value is -2.31. The summed E-state index contributed by atoms with van der Waals surface area (Å²) in [6.45, 7) is 9.85. The predicted octanol–water partition coefficient (Wildman–Crippen LogP) is 0.117. The average molecular weight is 425 g/mol. The number of nitrogens with one attached hydrogen (secondary N) is 2. The summed E-state index contributed by atoms with van der Waals surface area (Å²) in [6, 6.07) is -0.233. The zero-order chi connectivity index (χ0) is 21.4. The van der Waals surface area contributed by atoms with Crippen molar-refractivity contribution in [1.29, 1.82) is 0 Å². The van der Waals surface area contributed by atoms with Crippen LogP contribution >= 0.6 is 0 Å². The Morgan fingerprint density at radius 1 is 1.03 bits per heavy atom. The molecule has 2 heterocycles. The van der Waals surface area contributed by atoms with Crippen LogP contribution in [0.1, 0.15) is 5.69 Å². The molecule has 0 saturated carbocycles. The number of rotatable bonds is 17. The van der Waals surface area contributed by atoms with Crippen LogP contribution < -0.4 is 10.6 Å². The topological polar surface area (TPSA) is 112 Å². The van der Waals surface area contributed by atoms with E-state index >= 15 is 0 Å². The summed E-state index contributed by atoms with van der Waals surface area (Å²) in [5.74, 6) is 0. The van der Waals surface area contributed by atoms with E-state index in [0.717, 1.165) is 6.54 Å². The highest BCUT2D eigenvalue weighted by Crippen LogP contribution is 2.08. The van der Waals surface area contributed by atoms with Gasteiger partial charge >= 0.3 is 6.03 Å². The van der Waals surface area contributed by atoms with Crippen molar-refractivity contribution in [3.8, 4) is 0 Å². The second-order valence-corrected chi connectivity index (χ2v) is 6.43. The Balaban J connectivity index is 1.43. The minimum absolute atomic E-state index is 0.233. The fourth-order valence-electron chi connectivity index (χ4n) is 2.41. The molecular formula is C19H32N6O5. The van der Waals surface area contributed by atoms with Gasteiger partial charge in [-0.3, -0.25) is 4.90 Å². The first-order chi connectivity index (χ1) is 14.7. The maximum atomic E-state index is 11.8. The molecule has 1 aliphatic heterocycles. The van der Waals surface area contributed by atoms with Gasteiger partial charge < -0.3 is 29.6 Å². The summed E-state index contributed by atoms with van der Waals surface area (Å²) in [5, 5.41) is 13.8. The van der Waals surface area contributed by atoms with Crippen molar-refractivity contribution >= 4 is 6.03 Å². The number of amides is 2. The van der Waals surface area contributed by atoms with E-state index in [2.05, 4.69) is 27.5 Å². The highest BCUT2D eigenvalue weighted by molar-refractivity contribution is 5.79. The van der Waals surface area contributed by atoms with Crippen molar-refractivity contribution in [1.82, 2.24) is 30.5 Å². The average Bonchev–Trinajstić information content (AvgIpc) is 3.18. The van der Waals surface area contributed by atoms with Crippen molar-refractivity contribution in [3.05, 3.63) is 36.4 Å². The molecule has 2 amide bonds. The van der Waals surface area contributed by atoms with Gasteiger partial charge in [-0.25, -0.2) is 9.48 Å². The van der Waals surface area contributed by atoms with Crippen LogP contribution in [0, 0.1) is 0 Å². The Morgan fingerprint density at radius 3 is 2.30 bits per heavy atom. The lowest BCUT2D eigenvalue weighted by molar-refractivity contribution is -0.00234. The van der Waals surface area contributed by atoms with Crippen LogP contribution in [0.3, 0.4) is 0 Å². The molecule has 2 N–H and O–H groups in total. The number of likely N-dealkylation sites (N-methyl/N-ethyl adjacent to an activating group) is 1. The van der Waals surface area contributed by atoms with Crippen molar-refractivity contribution in [3.63, 3.8) is 0 Å². The second kappa shape index (κ2) is 14.6. The summed E-state index contributed by atoms with van der Waals surface area (Å²) in [4.78, 5) is 13.3. The van der Waals surface area contributed by atoms with Gasteiger partial charge in [-0.15, -0.1) is 5.10 Å². The van der Waals surface area contributed by atoms with Crippen molar-refractivity contribution in [2.75, 3.05) is 66.4 Å². The Morgan fingerprint density at radius 2 is 1.67 bits per heavy atom. The first kappa shape index (κ1) is 24.0. The summed E-state index contributed by atoms with van der Waals surface area (Å²) in [5.41, 5.74) is 1.26. The Bertz CT molecular complexity index is 666. The SMILES string of the molecule is C=C1C=CN(Cc2cn(CCOCCOCCOCCOCCNC)nn2)C(=O)N1. The summed E-state index contributed by atoms with van der Waals surface area (Å²) in [6.07, 6.45) is 5.20. The van der Waals surface area contributed by atoms with Gasteiger partial charge in [0, 0.05) is 18.4 Å². The van der Waals surface area contributed by atoms with Crippen LogP contribution in [0.4, 0.5) is 4.79 Å². The molecule has 1 aromatic rings. The van der Waals surface area contributed by atoms with Gasteiger partial charge in [0.05, 0.1) is 72.1 Å².